The highest BCUT2D eigenvalue weighted by molar-refractivity contribution is 7.14. The summed E-state index contributed by atoms with van der Waals surface area (Å²) < 4.78 is 10.5. The van der Waals surface area contributed by atoms with Gasteiger partial charge in [0.05, 0.1) is 31.3 Å². The number of amides is 4. The fourth-order valence-corrected chi connectivity index (χ4v) is 9.58. The summed E-state index contributed by atoms with van der Waals surface area (Å²) in [7, 11) is 3.06. The van der Waals surface area contributed by atoms with E-state index in [0.29, 0.717) is 39.7 Å². The fraction of sp³-hybridized carbons (Fsp3) is 0.155. The van der Waals surface area contributed by atoms with Crippen LogP contribution in [0.15, 0.2) is 163 Å². The molecule has 4 amide bonds. The van der Waals surface area contributed by atoms with Crippen molar-refractivity contribution in [2.45, 2.75) is 33.2 Å². The third-order valence-electron chi connectivity index (χ3n) is 12.3. The molecule has 10 rings (SSSR count). The van der Waals surface area contributed by atoms with Crippen LogP contribution >= 0.6 is 22.7 Å². The Morgan fingerprint density at radius 3 is 1.59 bits per heavy atom. The lowest BCUT2D eigenvalue weighted by Gasteiger charge is -2.15. The average molecular weight is 1050 g/mol. The Kier molecular flexibility index (Phi) is 17.0. The summed E-state index contributed by atoms with van der Waals surface area (Å²) in [6, 6.07) is 38.4. The Hall–Kier alpha value is -8.97. The molecule has 0 spiro atoms. The van der Waals surface area contributed by atoms with Crippen molar-refractivity contribution < 1.29 is 23.9 Å². The Balaban J connectivity index is 0.000000190. The van der Waals surface area contributed by atoms with Gasteiger partial charge in [-0.25, -0.2) is 14.8 Å². The second kappa shape index (κ2) is 24.8. The van der Waals surface area contributed by atoms with Gasteiger partial charge in [-0.15, -0.1) is 22.7 Å². The molecule has 16 nitrogen and oxygen atoms in total. The summed E-state index contributed by atoms with van der Waals surface area (Å²) >= 11 is 3.03. The van der Waals surface area contributed by atoms with Crippen molar-refractivity contribution in [3.63, 3.8) is 0 Å². The molecular formula is C58H55N11O5S2. The fourth-order valence-electron chi connectivity index (χ4n) is 8.11. The SMILES string of the molecule is COc1ccc(NC(=O)Nc2ccc(C(=O)Nc3ccc(C)c(Nc4nc(-c5cccnc5)cs4)c3)cc2)c(OC)c1.Cc1ccc(NC(=O)c2ccc(CN3CCCC3)cc2)cc1Nc1nc(-c2cccnc2)cs1. The number of ether oxygens (including phenoxy) is 2. The number of methoxy groups -OCH3 is 2. The van der Waals surface area contributed by atoms with Gasteiger partial charge in [-0.3, -0.25) is 24.5 Å². The smallest absolute Gasteiger partial charge is 0.323 e. The van der Waals surface area contributed by atoms with E-state index in [4.69, 9.17) is 9.47 Å². The predicted molar refractivity (Wildman–Crippen MR) is 305 cm³/mol. The van der Waals surface area contributed by atoms with Gasteiger partial charge < -0.3 is 41.4 Å². The molecule has 18 heteroatoms. The normalized spacial score (nSPS) is 11.9. The van der Waals surface area contributed by atoms with Crippen molar-refractivity contribution in [2.24, 2.45) is 0 Å². The summed E-state index contributed by atoms with van der Waals surface area (Å²) in [6.45, 7) is 7.29. The molecule has 0 saturated carbocycles. The van der Waals surface area contributed by atoms with Gasteiger partial charge in [0.15, 0.2) is 10.3 Å². The first-order valence-electron chi connectivity index (χ1n) is 24.4. The molecule has 0 unspecified atom stereocenters. The van der Waals surface area contributed by atoms with Gasteiger partial charge in [-0.2, -0.15) is 0 Å². The first-order chi connectivity index (χ1) is 37.0. The number of benzene rings is 5. The largest absolute Gasteiger partial charge is 0.497 e. The Labute approximate surface area is 448 Å². The number of urea groups is 1. The quantitative estimate of drug-likeness (QED) is 0.0536. The van der Waals surface area contributed by atoms with Crippen LogP contribution in [-0.4, -0.2) is 70.0 Å². The van der Waals surface area contributed by atoms with Gasteiger partial charge in [0.25, 0.3) is 11.8 Å². The second-order valence-electron chi connectivity index (χ2n) is 17.7. The Morgan fingerprint density at radius 1 is 0.566 bits per heavy atom. The minimum absolute atomic E-state index is 0.115. The zero-order valence-corrected chi connectivity index (χ0v) is 43.9. The van der Waals surface area contributed by atoms with Crippen molar-refractivity contribution in [3.05, 3.63) is 191 Å². The van der Waals surface area contributed by atoms with Gasteiger partial charge >= 0.3 is 6.03 Å². The number of carbonyl (C=O) groups is 3. The maximum absolute atomic E-state index is 13.0. The van der Waals surface area contributed by atoms with Gasteiger partial charge in [0.1, 0.15) is 11.5 Å². The summed E-state index contributed by atoms with van der Waals surface area (Å²) in [6.07, 6.45) is 9.62. The molecule has 1 aliphatic rings. The highest BCUT2D eigenvalue weighted by atomic mass is 32.1. The second-order valence-corrected chi connectivity index (χ2v) is 19.4. The van der Waals surface area contributed by atoms with E-state index in [1.165, 1.54) is 48.2 Å². The van der Waals surface area contributed by atoms with E-state index >= 15 is 0 Å². The van der Waals surface area contributed by atoms with Crippen molar-refractivity contribution in [2.75, 3.05) is 59.2 Å². The van der Waals surface area contributed by atoms with Crippen LogP contribution in [0.2, 0.25) is 0 Å². The van der Waals surface area contributed by atoms with Crippen LogP contribution in [0.4, 0.5) is 49.2 Å². The Morgan fingerprint density at radius 2 is 1.09 bits per heavy atom. The maximum Gasteiger partial charge on any atom is 0.323 e. The van der Waals surface area contributed by atoms with Crippen molar-refractivity contribution in [1.82, 2.24) is 24.8 Å². The topological polar surface area (TPSA) is 197 Å². The number of aryl methyl sites for hydroxylation is 2. The lowest BCUT2D eigenvalue weighted by Crippen LogP contribution is -2.20. The molecule has 0 radical (unpaired) electrons. The summed E-state index contributed by atoms with van der Waals surface area (Å²) in [4.78, 5) is 58.4. The molecule has 1 aliphatic heterocycles. The minimum atomic E-state index is -0.455. The van der Waals surface area contributed by atoms with Gasteiger partial charge in [0.2, 0.25) is 0 Å². The lowest BCUT2D eigenvalue weighted by atomic mass is 10.1. The number of anilines is 8. The predicted octanol–water partition coefficient (Wildman–Crippen LogP) is 13.3. The number of nitrogens with zero attached hydrogens (tertiary/aromatic N) is 5. The van der Waals surface area contributed by atoms with E-state index in [1.807, 2.05) is 97.4 Å². The highest BCUT2D eigenvalue weighted by Crippen LogP contribution is 2.33. The van der Waals surface area contributed by atoms with Gasteiger partial charge in [0, 0.05) is 98.8 Å². The molecular weight excluding hydrogens is 995 g/mol. The van der Waals surface area contributed by atoms with Crippen molar-refractivity contribution >= 4 is 84.9 Å². The van der Waals surface area contributed by atoms with Crippen LogP contribution in [0.5, 0.6) is 11.5 Å². The first-order valence-corrected chi connectivity index (χ1v) is 26.1. The Bertz CT molecular complexity index is 3420. The van der Waals surface area contributed by atoms with E-state index in [2.05, 4.69) is 68.9 Å². The minimum Gasteiger partial charge on any atom is -0.497 e. The number of likely N-dealkylation sites (tertiary alicyclic amines) is 1. The highest BCUT2D eigenvalue weighted by Gasteiger charge is 2.16. The molecule has 4 aromatic heterocycles. The number of rotatable bonds is 16. The van der Waals surface area contributed by atoms with Crippen LogP contribution in [-0.2, 0) is 6.54 Å². The molecule has 0 bridgehead atoms. The standard InChI is InChI=1S/C31H28N6O4S.C27H27N5OS/c1-19-6-9-23(15-26(19)36-31-37-27(18-42-31)21-5-4-14-32-17-21)33-29(38)20-7-10-22(11-8-20)34-30(39)35-25-13-12-24(40-2)16-28(25)41-3;1-19-6-11-23(15-24(19)30-27-31-25(18-34-27)22-5-4-12-28-16-22)29-26(33)21-9-7-20(8-10-21)17-32-13-2-3-14-32/h4-18H,1-3H3,(H,33,38)(H,36,37)(H2,34,35,39);4-12,15-16,18H,2-3,13-14,17H2,1H3,(H,29,33)(H,30,31). The number of nitrogens with one attached hydrogen (secondary N) is 6. The van der Waals surface area contributed by atoms with Gasteiger partial charge in [-0.05, 0) is 154 Å². The van der Waals surface area contributed by atoms with E-state index in [9.17, 15) is 14.4 Å². The van der Waals surface area contributed by atoms with Crippen molar-refractivity contribution in [3.8, 4) is 34.0 Å². The number of thiazole rings is 2. The molecule has 9 aromatic rings. The first kappa shape index (κ1) is 51.9. The molecule has 6 N–H and O–H groups in total. The number of aromatic nitrogens is 4. The number of pyridine rings is 2. The van der Waals surface area contributed by atoms with Crippen molar-refractivity contribution in [1.29, 1.82) is 0 Å². The molecule has 0 aliphatic carbocycles. The van der Waals surface area contributed by atoms with Crippen LogP contribution < -0.4 is 41.4 Å². The number of hydrogen-bond acceptors (Lipinski definition) is 14. The van der Waals surface area contributed by atoms with E-state index in [0.717, 1.165) is 80.6 Å². The van der Waals surface area contributed by atoms with E-state index < -0.39 is 6.03 Å². The van der Waals surface area contributed by atoms with Crippen LogP contribution in [0.1, 0.15) is 50.2 Å². The summed E-state index contributed by atoms with van der Waals surface area (Å²) in [5.74, 6) is 0.680. The third-order valence-corrected chi connectivity index (χ3v) is 13.8. The van der Waals surface area contributed by atoms with E-state index in [1.54, 1.807) is 74.4 Å². The molecule has 384 valence electrons. The van der Waals surface area contributed by atoms with Crippen LogP contribution in [0.3, 0.4) is 0 Å². The molecule has 1 fully saturated rings. The number of carbonyl (C=O) groups excluding carboxylic acids is 3. The summed E-state index contributed by atoms with van der Waals surface area (Å²) in [5.41, 5.74) is 12.2. The van der Waals surface area contributed by atoms with Crippen LogP contribution in [0.25, 0.3) is 22.5 Å². The maximum atomic E-state index is 13.0. The number of hydrogen-bond donors (Lipinski definition) is 6. The summed E-state index contributed by atoms with van der Waals surface area (Å²) in [5, 5.41) is 23.7. The molecule has 0 atom stereocenters. The lowest BCUT2D eigenvalue weighted by molar-refractivity contribution is 0.101. The molecule has 76 heavy (non-hydrogen) atoms. The average Bonchev–Trinajstić information content (AvgIpc) is 4.26. The zero-order valence-electron chi connectivity index (χ0n) is 42.2. The van der Waals surface area contributed by atoms with Crippen LogP contribution in [0, 0.1) is 13.8 Å². The zero-order chi connectivity index (χ0) is 52.8. The molecule has 5 heterocycles. The third kappa shape index (κ3) is 13.8. The molecule has 5 aromatic carbocycles. The van der Waals surface area contributed by atoms with E-state index in [-0.39, 0.29) is 11.8 Å². The van der Waals surface area contributed by atoms with Gasteiger partial charge in [-0.1, -0.05) is 24.3 Å². The molecule has 1 saturated heterocycles. The monoisotopic (exact) mass is 1050 g/mol.